The van der Waals surface area contributed by atoms with Gasteiger partial charge in [0.1, 0.15) is 5.82 Å². The molecule has 5 nitrogen and oxygen atoms in total. The van der Waals surface area contributed by atoms with E-state index in [-0.39, 0.29) is 0 Å². The highest BCUT2D eigenvalue weighted by molar-refractivity contribution is 7.17. The predicted octanol–water partition coefficient (Wildman–Crippen LogP) is 3.86. The predicted molar refractivity (Wildman–Crippen MR) is 115 cm³/mol. The van der Waals surface area contributed by atoms with E-state index in [2.05, 4.69) is 51.5 Å². The highest BCUT2D eigenvalue weighted by Crippen LogP contribution is 2.28. The van der Waals surface area contributed by atoms with E-state index in [1.54, 1.807) is 0 Å². The molecule has 3 heterocycles. The molecule has 0 radical (unpaired) electrons. The fraction of sp³-hybridized carbons (Fsp3) is 0.429. The van der Waals surface area contributed by atoms with Gasteiger partial charge in [0, 0.05) is 51.2 Å². The Kier molecular flexibility index (Phi) is 5.27. The smallest absolute Gasteiger partial charge is 0.227 e. The van der Waals surface area contributed by atoms with Crippen molar-refractivity contribution in [3.8, 4) is 0 Å². The van der Waals surface area contributed by atoms with E-state index in [0.29, 0.717) is 6.04 Å². The molecule has 1 saturated heterocycles. The minimum Gasteiger partial charge on any atom is -0.363 e. The van der Waals surface area contributed by atoms with Crippen LogP contribution in [0.4, 0.5) is 11.8 Å². The van der Waals surface area contributed by atoms with Crippen molar-refractivity contribution in [2.75, 3.05) is 44.0 Å². The molecule has 0 bridgehead atoms. The zero-order valence-corrected chi connectivity index (χ0v) is 17.1. The van der Waals surface area contributed by atoms with E-state index in [1.807, 2.05) is 42.6 Å². The number of likely N-dealkylation sites (N-methyl/N-ethyl adjacent to an activating group) is 1. The Hall–Kier alpha value is -2.18. The highest BCUT2D eigenvalue weighted by Gasteiger charge is 2.25. The molecule has 0 N–H and O–H groups in total. The van der Waals surface area contributed by atoms with Crippen molar-refractivity contribution >= 4 is 33.2 Å². The average Bonchev–Trinajstić information content (AvgIpc) is 3.11. The molecule has 2 aromatic heterocycles. The van der Waals surface area contributed by atoms with Gasteiger partial charge >= 0.3 is 0 Å². The minimum absolute atomic E-state index is 0.445. The molecule has 1 aromatic carbocycles. The van der Waals surface area contributed by atoms with Gasteiger partial charge in [-0.15, -0.1) is 11.3 Å². The maximum atomic E-state index is 4.71. The Morgan fingerprint density at radius 2 is 2.04 bits per heavy atom. The zero-order valence-electron chi connectivity index (χ0n) is 16.3. The molecule has 1 aliphatic rings. The van der Waals surface area contributed by atoms with Gasteiger partial charge in [-0.1, -0.05) is 18.2 Å². The quantitative estimate of drug-likeness (QED) is 0.671. The number of nitrogens with zero attached hydrogens (tertiary/aromatic N) is 5. The first-order chi connectivity index (χ1) is 13.1. The van der Waals surface area contributed by atoms with Crippen molar-refractivity contribution in [3.63, 3.8) is 0 Å². The lowest BCUT2D eigenvalue weighted by molar-refractivity contribution is 0.199. The molecule has 0 saturated carbocycles. The molecule has 1 unspecified atom stereocenters. The molecule has 142 valence electrons. The Labute approximate surface area is 165 Å². The molecular formula is C21H27N5S. The van der Waals surface area contributed by atoms with Crippen molar-refractivity contribution < 1.29 is 0 Å². The number of thiophene rings is 1. The number of hydrogen-bond acceptors (Lipinski definition) is 6. The number of rotatable bonds is 5. The van der Waals surface area contributed by atoms with Gasteiger partial charge in [-0.25, -0.2) is 4.98 Å². The van der Waals surface area contributed by atoms with E-state index < -0.39 is 0 Å². The SMILES string of the molecule is CN(C)c1ccnc(N(C)C2CCCN(Cc3csc4ccccc34)C2)n1. The van der Waals surface area contributed by atoms with Crippen molar-refractivity contribution in [1.82, 2.24) is 14.9 Å². The minimum atomic E-state index is 0.445. The molecule has 1 atom stereocenters. The maximum Gasteiger partial charge on any atom is 0.227 e. The molecule has 27 heavy (non-hydrogen) atoms. The number of anilines is 2. The van der Waals surface area contributed by atoms with Crippen molar-refractivity contribution in [1.29, 1.82) is 0 Å². The van der Waals surface area contributed by atoms with E-state index in [1.165, 1.54) is 28.5 Å². The zero-order chi connectivity index (χ0) is 18.8. The molecule has 6 heteroatoms. The number of likely N-dealkylation sites (tertiary alicyclic amines) is 1. The van der Waals surface area contributed by atoms with Crippen LogP contribution in [0.5, 0.6) is 0 Å². The normalized spacial score (nSPS) is 18.0. The van der Waals surface area contributed by atoms with Crippen LogP contribution in [0.2, 0.25) is 0 Å². The van der Waals surface area contributed by atoms with Crippen molar-refractivity contribution in [3.05, 3.63) is 47.5 Å². The van der Waals surface area contributed by atoms with E-state index in [0.717, 1.165) is 31.4 Å². The Bertz CT molecular complexity index is 906. The number of hydrogen-bond donors (Lipinski definition) is 0. The molecule has 0 spiro atoms. The Morgan fingerprint density at radius 1 is 1.19 bits per heavy atom. The number of fused-ring (bicyclic) bond motifs is 1. The summed E-state index contributed by atoms with van der Waals surface area (Å²) in [5.41, 5.74) is 1.45. The fourth-order valence-electron chi connectivity index (χ4n) is 3.81. The maximum absolute atomic E-state index is 4.71. The van der Waals surface area contributed by atoms with E-state index in [9.17, 15) is 0 Å². The first kappa shape index (κ1) is 18.2. The third-order valence-electron chi connectivity index (χ3n) is 5.39. The van der Waals surface area contributed by atoms with Crippen LogP contribution in [0.25, 0.3) is 10.1 Å². The lowest BCUT2D eigenvalue weighted by Gasteiger charge is -2.37. The monoisotopic (exact) mass is 381 g/mol. The first-order valence-corrected chi connectivity index (χ1v) is 10.4. The van der Waals surface area contributed by atoms with Gasteiger partial charge < -0.3 is 9.80 Å². The van der Waals surface area contributed by atoms with Gasteiger partial charge in [0.25, 0.3) is 0 Å². The van der Waals surface area contributed by atoms with Gasteiger partial charge in [-0.2, -0.15) is 4.98 Å². The molecule has 3 aromatic rings. The second kappa shape index (κ2) is 7.82. The summed E-state index contributed by atoms with van der Waals surface area (Å²) in [5.74, 6) is 1.76. The summed E-state index contributed by atoms with van der Waals surface area (Å²) in [4.78, 5) is 16.1. The van der Waals surface area contributed by atoms with Crippen LogP contribution in [0.3, 0.4) is 0 Å². The summed E-state index contributed by atoms with van der Waals surface area (Å²) in [6.45, 7) is 3.23. The molecule has 4 rings (SSSR count). The van der Waals surface area contributed by atoms with Crippen LogP contribution < -0.4 is 9.80 Å². The van der Waals surface area contributed by atoms with Crippen LogP contribution in [-0.4, -0.2) is 55.1 Å². The highest BCUT2D eigenvalue weighted by atomic mass is 32.1. The molecule has 1 aliphatic heterocycles. The summed E-state index contributed by atoms with van der Waals surface area (Å²) >= 11 is 1.85. The number of aromatic nitrogens is 2. The average molecular weight is 382 g/mol. The topological polar surface area (TPSA) is 35.5 Å². The van der Waals surface area contributed by atoms with Crippen LogP contribution in [-0.2, 0) is 6.54 Å². The van der Waals surface area contributed by atoms with Gasteiger partial charge in [0.2, 0.25) is 5.95 Å². The van der Waals surface area contributed by atoms with Crippen LogP contribution in [0.15, 0.2) is 41.9 Å². The third kappa shape index (κ3) is 3.92. The summed E-state index contributed by atoms with van der Waals surface area (Å²) in [5, 5.41) is 3.72. The van der Waals surface area contributed by atoms with Gasteiger partial charge in [-0.05, 0) is 47.8 Å². The van der Waals surface area contributed by atoms with Crippen LogP contribution in [0.1, 0.15) is 18.4 Å². The first-order valence-electron chi connectivity index (χ1n) is 9.52. The summed E-state index contributed by atoms with van der Waals surface area (Å²) in [6.07, 6.45) is 4.25. The van der Waals surface area contributed by atoms with Crippen molar-refractivity contribution in [2.24, 2.45) is 0 Å². The van der Waals surface area contributed by atoms with Crippen LogP contribution >= 0.6 is 11.3 Å². The van der Waals surface area contributed by atoms with E-state index >= 15 is 0 Å². The summed E-state index contributed by atoms with van der Waals surface area (Å²) in [6, 6.07) is 11.1. The molecule has 0 aliphatic carbocycles. The fourth-order valence-corrected chi connectivity index (χ4v) is 4.76. The summed E-state index contributed by atoms with van der Waals surface area (Å²) in [7, 11) is 6.15. The Balaban J connectivity index is 1.47. The van der Waals surface area contributed by atoms with Crippen molar-refractivity contribution in [2.45, 2.75) is 25.4 Å². The number of piperidine rings is 1. The van der Waals surface area contributed by atoms with Crippen LogP contribution in [0, 0.1) is 0 Å². The Morgan fingerprint density at radius 3 is 2.89 bits per heavy atom. The number of benzene rings is 1. The standard InChI is InChI=1S/C21H27N5S/c1-24(2)20-10-11-22-21(23-20)25(3)17-7-6-12-26(14-17)13-16-15-27-19-9-5-4-8-18(16)19/h4-5,8-11,15,17H,6-7,12-14H2,1-3H3. The largest absolute Gasteiger partial charge is 0.363 e. The molecule has 0 amide bonds. The molecule has 1 fully saturated rings. The van der Waals surface area contributed by atoms with Gasteiger partial charge in [0.15, 0.2) is 0 Å². The second-order valence-corrected chi connectivity index (χ2v) is 8.42. The van der Waals surface area contributed by atoms with E-state index in [4.69, 9.17) is 4.98 Å². The summed E-state index contributed by atoms with van der Waals surface area (Å²) < 4.78 is 1.38. The van der Waals surface area contributed by atoms with Gasteiger partial charge in [-0.3, -0.25) is 4.90 Å². The second-order valence-electron chi connectivity index (χ2n) is 7.51. The lowest BCUT2D eigenvalue weighted by Crippen LogP contribution is -2.46. The molecular weight excluding hydrogens is 354 g/mol. The third-order valence-corrected chi connectivity index (χ3v) is 6.40. The van der Waals surface area contributed by atoms with Gasteiger partial charge in [0.05, 0.1) is 0 Å². The lowest BCUT2D eigenvalue weighted by atomic mass is 10.0.